The first-order valence-corrected chi connectivity index (χ1v) is 11.7. The maximum atomic E-state index is 5.79. The minimum Gasteiger partial charge on any atom is -0.494 e. The van der Waals surface area contributed by atoms with Gasteiger partial charge in [0.25, 0.3) is 0 Å². The van der Waals surface area contributed by atoms with Crippen molar-refractivity contribution >= 4 is 11.4 Å². The SMILES string of the molecule is CCCCCCOc1ccc(NCCNc2ccc(OCCCCCC)cc2)cc1. The molecular formula is C26H40N2O2. The number of unbranched alkanes of at least 4 members (excludes halogenated alkanes) is 6. The maximum Gasteiger partial charge on any atom is 0.119 e. The minimum absolute atomic E-state index is 0.805. The topological polar surface area (TPSA) is 42.5 Å². The van der Waals surface area contributed by atoms with Crippen molar-refractivity contribution in [2.75, 3.05) is 36.9 Å². The van der Waals surface area contributed by atoms with Gasteiger partial charge in [0.05, 0.1) is 13.2 Å². The zero-order valence-corrected chi connectivity index (χ0v) is 18.9. The van der Waals surface area contributed by atoms with Gasteiger partial charge < -0.3 is 20.1 Å². The van der Waals surface area contributed by atoms with E-state index in [9.17, 15) is 0 Å². The first-order valence-electron chi connectivity index (χ1n) is 11.7. The summed E-state index contributed by atoms with van der Waals surface area (Å²) in [6.07, 6.45) is 9.85. The molecule has 0 heterocycles. The van der Waals surface area contributed by atoms with E-state index >= 15 is 0 Å². The highest BCUT2D eigenvalue weighted by molar-refractivity contribution is 5.48. The van der Waals surface area contributed by atoms with Crippen LogP contribution in [0.4, 0.5) is 11.4 Å². The van der Waals surface area contributed by atoms with Crippen LogP contribution in [0.15, 0.2) is 48.5 Å². The third kappa shape index (κ3) is 10.4. The number of ether oxygens (including phenoxy) is 2. The minimum atomic E-state index is 0.805. The lowest BCUT2D eigenvalue weighted by molar-refractivity contribution is 0.305. The lowest BCUT2D eigenvalue weighted by Gasteiger charge is -2.11. The second-order valence-corrected chi connectivity index (χ2v) is 7.72. The summed E-state index contributed by atoms with van der Waals surface area (Å²) in [5.41, 5.74) is 2.23. The smallest absolute Gasteiger partial charge is 0.119 e. The first kappa shape index (κ1) is 23.9. The number of hydrogen-bond donors (Lipinski definition) is 2. The summed E-state index contributed by atoms with van der Waals surface area (Å²) in [5.74, 6) is 1.89. The molecular weight excluding hydrogens is 372 g/mol. The first-order chi connectivity index (χ1) is 14.8. The van der Waals surface area contributed by atoms with Crippen molar-refractivity contribution in [2.45, 2.75) is 65.2 Å². The van der Waals surface area contributed by atoms with Crippen LogP contribution in [0, 0.1) is 0 Å². The Morgan fingerprint density at radius 2 is 0.933 bits per heavy atom. The van der Waals surface area contributed by atoms with Crippen molar-refractivity contribution in [1.29, 1.82) is 0 Å². The molecule has 2 N–H and O–H groups in total. The highest BCUT2D eigenvalue weighted by atomic mass is 16.5. The summed E-state index contributed by atoms with van der Waals surface area (Å²) in [6, 6.07) is 16.5. The molecule has 0 spiro atoms. The Morgan fingerprint density at radius 1 is 0.533 bits per heavy atom. The Labute approximate surface area is 183 Å². The molecule has 0 aliphatic heterocycles. The molecule has 0 fully saturated rings. The molecule has 0 saturated carbocycles. The number of nitrogens with one attached hydrogen (secondary N) is 2. The van der Waals surface area contributed by atoms with Crippen LogP contribution < -0.4 is 20.1 Å². The summed E-state index contributed by atoms with van der Waals surface area (Å²) in [5, 5.41) is 6.88. The average Bonchev–Trinajstić information content (AvgIpc) is 2.78. The molecule has 2 rings (SSSR count). The molecule has 0 aliphatic rings. The molecule has 0 unspecified atom stereocenters. The van der Waals surface area contributed by atoms with Crippen LogP contribution >= 0.6 is 0 Å². The van der Waals surface area contributed by atoms with Gasteiger partial charge in [-0.25, -0.2) is 0 Å². The normalized spacial score (nSPS) is 10.6. The van der Waals surface area contributed by atoms with E-state index in [1.807, 2.05) is 24.3 Å². The van der Waals surface area contributed by atoms with Gasteiger partial charge in [-0.1, -0.05) is 52.4 Å². The molecule has 30 heavy (non-hydrogen) atoms. The fourth-order valence-corrected chi connectivity index (χ4v) is 3.19. The molecule has 166 valence electrons. The standard InChI is InChI=1S/C26H40N2O2/c1-3-5-7-9-21-29-25-15-11-23(12-16-25)27-19-20-28-24-13-17-26(18-14-24)30-22-10-8-6-4-2/h11-18,27-28H,3-10,19-22H2,1-2H3. The van der Waals surface area contributed by atoms with Crippen LogP contribution in [0.3, 0.4) is 0 Å². The van der Waals surface area contributed by atoms with Crippen LogP contribution in [0.1, 0.15) is 65.2 Å². The lowest BCUT2D eigenvalue weighted by atomic mass is 10.2. The summed E-state index contributed by atoms with van der Waals surface area (Å²) in [4.78, 5) is 0. The van der Waals surface area contributed by atoms with Gasteiger partial charge in [-0.2, -0.15) is 0 Å². The van der Waals surface area contributed by atoms with E-state index in [4.69, 9.17) is 9.47 Å². The highest BCUT2D eigenvalue weighted by Gasteiger charge is 1.98. The van der Waals surface area contributed by atoms with Crippen LogP contribution in [0.2, 0.25) is 0 Å². The Balaban J connectivity index is 1.57. The third-order valence-corrected chi connectivity index (χ3v) is 5.03. The molecule has 0 atom stereocenters. The fraction of sp³-hybridized carbons (Fsp3) is 0.538. The van der Waals surface area contributed by atoms with Gasteiger partial charge in [-0.05, 0) is 61.4 Å². The van der Waals surface area contributed by atoms with Crippen molar-refractivity contribution in [3.63, 3.8) is 0 Å². The summed E-state index contributed by atoms with van der Waals surface area (Å²) < 4.78 is 11.6. The number of hydrogen-bond acceptors (Lipinski definition) is 4. The zero-order valence-electron chi connectivity index (χ0n) is 18.9. The number of benzene rings is 2. The summed E-state index contributed by atoms with van der Waals surface area (Å²) in [7, 11) is 0. The monoisotopic (exact) mass is 412 g/mol. The molecule has 0 bridgehead atoms. The fourth-order valence-electron chi connectivity index (χ4n) is 3.19. The van der Waals surface area contributed by atoms with Gasteiger partial charge in [0.15, 0.2) is 0 Å². The van der Waals surface area contributed by atoms with E-state index in [1.54, 1.807) is 0 Å². The predicted molar refractivity (Wildman–Crippen MR) is 129 cm³/mol. The van der Waals surface area contributed by atoms with Crippen molar-refractivity contribution in [1.82, 2.24) is 0 Å². The van der Waals surface area contributed by atoms with E-state index in [1.165, 1.54) is 38.5 Å². The van der Waals surface area contributed by atoms with Crippen LogP contribution in [-0.2, 0) is 0 Å². The second kappa shape index (κ2) is 15.5. The Bertz CT molecular complexity index is 596. The summed E-state index contributed by atoms with van der Waals surface area (Å²) >= 11 is 0. The van der Waals surface area contributed by atoms with Crippen molar-refractivity contribution < 1.29 is 9.47 Å². The maximum absolute atomic E-state index is 5.79. The Hall–Kier alpha value is -2.36. The van der Waals surface area contributed by atoms with Gasteiger partial charge in [-0.15, -0.1) is 0 Å². The Morgan fingerprint density at radius 3 is 1.30 bits per heavy atom. The van der Waals surface area contributed by atoms with Crippen molar-refractivity contribution in [2.24, 2.45) is 0 Å². The van der Waals surface area contributed by atoms with Crippen molar-refractivity contribution in [3.05, 3.63) is 48.5 Å². The second-order valence-electron chi connectivity index (χ2n) is 7.72. The van der Waals surface area contributed by atoms with Gasteiger partial charge in [0.2, 0.25) is 0 Å². The molecule has 0 radical (unpaired) electrons. The van der Waals surface area contributed by atoms with Crippen molar-refractivity contribution in [3.8, 4) is 11.5 Å². The molecule has 2 aromatic rings. The third-order valence-electron chi connectivity index (χ3n) is 5.03. The lowest BCUT2D eigenvalue weighted by Crippen LogP contribution is -2.13. The van der Waals surface area contributed by atoms with E-state index in [0.717, 1.165) is 62.0 Å². The van der Waals surface area contributed by atoms with E-state index in [2.05, 4.69) is 48.7 Å². The van der Waals surface area contributed by atoms with Crippen LogP contribution in [0.5, 0.6) is 11.5 Å². The molecule has 0 aliphatic carbocycles. The van der Waals surface area contributed by atoms with Gasteiger partial charge in [0, 0.05) is 24.5 Å². The van der Waals surface area contributed by atoms with Gasteiger partial charge >= 0.3 is 0 Å². The quantitative estimate of drug-likeness (QED) is 0.271. The number of rotatable bonds is 17. The van der Waals surface area contributed by atoms with Crippen LogP contribution in [-0.4, -0.2) is 26.3 Å². The largest absolute Gasteiger partial charge is 0.494 e. The molecule has 2 aromatic carbocycles. The molecule has 0 aromatic heterocycles. The highest BCUT2D eigenvalue weighted by Crippen LogP contribution is 2.17. The molecule has 4 nitrogen and oxygen atoms in total. The Kier molecular flexibility index (Phi) is 12.3. The van der Waals surface area contributed by atoms with Gasteiger partial charge in [0.1, 0.15) is 11.5 Å². The van der Waals surface area contributed by atoms with Crippen LogP contribution in [0.25, 0.3) is 0 Å². The number of anilines is 2. The predicted octanol–water partition coefficient (Wildman–Crippen LogP) is 7.13. The van der Waals surface area contributed by atoms with E-state index in [-0.39, 0.29) is 0 Å². The molecule has 4 heteroatoms. The summed E-state index contributed by atoms with van der Waals surface area (Å²) in [6.45, 7) is 7.77. The van der Waals surface area contributed by atoms with Gasteiger partial charge in [-0.3, -0.25) is 0 Å². The van der Waals surface area contributed by atoms with E-state index < -0.39 is 0 Å². The molecule has 0 saturated heterocycles. The zero-order chi connectivity index (χ0) is 21.3. The average molecular weight is 413 g/mol. The van der Waals surface area contributed by atoms with E-state index in [0.29, 0.717) is 0 Å². The molecule has 0 amide bonds.